The molecule has 2 rings (SSSR count). The van der Waals surface area contributed by atoms with Crippen LogP contribution >= 0.6 is 0 Å². The van der Waals surface area contributed by atoms with Gasteiger partial charge in [-0.1, -0.05) is 18.2 Å². The second kappa shape index (κ2) is 5.28. The van der Waals surface area contributed by atoms with Crippen LogP contribution < -0.4 is 5.73 Å². The molecule has 4 nitrogen and oxygen atoms in total. The quantitative estimate of drug-likeness (QED) is 0.854. The molecule has 0 saturated carbocycles. The number of hydrogen-bond acceptors (Lipinski definition) is 3. The smallest absolute Gasteiger partial charge is 0.110 e. The van der Waals surface area contributed by atoms with Crippen molar-refractivity contribution in [3.8, 4) is 6.07 Å². The average molecular weight is 226 g/mol. The second-order valence-electron chi connectivity index (χ2n) is 3.78. The molecule has 0 unspecified atom stereocenters. The molecule has 0 radical (unpaired) electrons. The molecule has 0 amide bonds. The lowest BCUT2D eigenvalue weighted by atomic mass is 10.1. The van der Waals surface area contributed by atoms with Crippen LogP contribution in [-0.2, 0) is 13.0 Å². The maximum atomic E-state index is 9.02. The van der Waals surface area contributed by atoms with Crippen molar-refractivity contribution in [3.05, 3.63) is 53.6 Å². The average Bonchev–Trinajstić information content (AvgIpc) is 2.78. The van der Waals surface area contributed by atoms with Crippen LogP contribution in [0.5, 0.6) is 0 Å². The molecule has 0 saturated heterocycles. The van der Waals surface area contributed by atoms with Crippen molar-refractivity contribution >= 4 is 0 Å². The monoisotopic (exact) mass is 226 g/mol. The Morgan fingerprint density at radius 3 is 2.94 bits per heavy atom. The standard InChI is InChI=1S/C13H14N4/c14-6-5-13-16-7-8-17(13)10-12-4-2-1-3-11(12)9-15/h1-4,7-8H,5-6,10,14H2. The molecule has 86 valence electrons. The largest absolute Gasteiger partial charge is 0.330 e. The normalized spacial score (nSPS) is 10.1. The van der Waals surface area contributed by atoms with Crippen molar-refractivity contribution in [2.24, 2.45) is 5.73 Å². The molecule has 17 heavy (non-hydrogen) atoms. The number of hydrogen-bond donors (Lipinski definition) is 1. The third-order valence-electron chi connectivity index (χ3n) is 2.65. The van der Waals surface area contributed by atoms with E-state index in [4.69, 9.17) is 11.0 Å². The lowest BCUT2D eigenvalue weighted by Gasteiger charge is -2.08. The summed E-state index contributed by atoms with van der Waals surface area (Å²) < 4.78 is 2.03. The molecule has 1 aromatic heterocycles. The number of nitrogens with zero attached hydrogens (tertiary/aromatic N) is 3. The van der Waals surface area contributed by atoms with Crippen molar-refractivity contribution in [3.63, 3.8) is 0 Å². The molecule has 0 atom stereocenters. The van der Waals surface area contributed by atoms with Gasteiger partial charge in [-0.3, -0.25) is 0 Å². The van der Waals surface area contributed by atoms with Crippen LogP contribution in [0.1, 0.15) is 17.0 Å². The Morgan fingerprint density at radius 2 is 2.18 bits per heavy atom. The van der Waals surface area contributed by atoms with E-state index in [2.05, 4.69) is 11.1 Å². The summed E-state index contributed by atoms with van der Waals surface area (Å²) in [6.07, 6.45) is 4.43. The van der Waals surface area contributed by atoms with Gasteiger partial charge in [0.05, 0.1) is 18.2 Å². The summed E-state index contributed by atoms with van der Waals surface area (Å²) in [6.45, 7) is 1.25. The van der Waals surface area contributed by atoms with Gasteiger partial charge in [0.25, 0.3) is 0 Å². The fourth-order valence-electron chi connectivity index (χ4n) is 1.79. The first-order chi connectivity index (χ1) is 8.35. The highest BCUT2D eigenvalue weighted by atomic mass is 15.1. The number of imidazole rings is 1. The molecule has 2 aromatic rings. The molecule has 1 heterocycles. The van der Waals surface area contributed by atoms with E-state index in [0.29, 0.717) is 18.7 Å². The molecule has 0 aliphatic carbocycles. The van der Waals surface area contributed by atoms with Crippen molar-refractivity contribution < 1.29 is 0 Å². The number of nitrogens with two attached hydrogens (primary N) is 1. The van der Waals surface area contributed by atoms with Gasteiger partial charge in [-0.25, -0.2) is 4.98 Å². The van der Waals surface area contributed by atoms with Crippen LogP contribution in [0.4, 0.5) is 0 Å². The van der Waals surface area contributed by atoms with Gasteiger partial charge in [0.15, 0.2) is 0 Å². The van der Waals surface area contributed by atoms with Crippen LogP contribution in [0.3, 0.4) is 0 Å². The van der Waals surface area contributed by atoms with Crippen LogP contribution in [0.2, 0.25) is 0 Å². The van der Waals surface area contributed by atoms with Gasteiger partial charge in [-0.05, 0) is 18.2 Å². The maximum Gasteiger partial charge on any atom is 0.110 e. The summed E-state index contributed by atoms with van der Waals surface area (Å²) in [4.78, 5) is 4.26. The summed E-state index contributed by atoms with van der Waals surface area (Å²) in [7, 11) is 0. The van der Waals surface area contributed by atoms with E-state index in [9.17, 15) is 0 Å². The highest BCUT2D eigenvalue weighted by Gasteiger charge is 2.05. The highest BCUT2D eigenvalue weighted by Crippen LogP contribution is 2.11. The maximum absolute atomic E-state index is 9.02. The SMILES string of the molecule is N#Cc1ccccc1Cn1ccnc1CCN. The second-order valence-corrected chi connectivity index (χ2v) is 3.78. The van der Waals surface area contributed by atoms with Gasteiger partial charge >= 0.3 is 0 Å². The molecule has 4 heteroatoms. The molecule has 0 aliphatic rings. The van der Waals surface area contributed by atoms with E-state index >= 15 is 0 Å². The summed E-state index contributed by atoms with van der Waals surface area (Å²) in [6, 6.07) is 9.80. The molecule has 0 aliphatic heterocycles. The van der Waals surface area contributed by atoms with E-state index in [1.54, 1.807) is 6.20 Å². The van der Waals surface area contributed by atoms with Crippen LogP contribution in [0, 0.1) is 11.3 Å². The Labute approximate surface area is 100 Å². The minimum absolute atomic E-state index is 0.580. The van der Waals surface area contributed by atoms with E-state index in [1.165, 1.54) is 0 Å². The van der Waals surface area contributed by atoms with Gasteiger partial charge in [0.2, 0.25) is 0 Å². The minimum atomic E-state index is 0.580. The summed E-state index contributed by atoms with van der Waals surface area (Å²) in [5.41, 5.74) is 7.25. The zero-order valence-electron chi connectivity index (χ0n) is 9.50. The van der Waals surface area contributed by atoms with Crippen molar-refractivity contribution in [2.75, 3.05) is 6.54 Å². The number of aromatic nitrogens is 2. The van der Waals surface area contributed by atoms with Gasteiger partial charge in [-0.2, -0.15) is 5.26 Å². The summed E-state index contributed by atoms with van der Waals surface area (Å²) in [5, 5.41) is 9.02. The molecule has 0 spiro atoms. The van der Waals surface area contributed by atoms with Gasteiger partial charge < -0.3 is 10.3 Å². The Hall–Kier alpha value is -2.12. The van der Waals surface area contributed by atoms with Crippen molar-refractivity contribution in [2.45, 2.75) is 13.0 Å². The van der Waals surface area contributed by atoms with Crippen LogP contribution in [0.15, 0.2) is 36.7 Å². The van der Waals surface area contributed by atoms with E-state index in [0.717, 1.165) is 17.8 Å². The van der Waals surface area contributed by atoms with Crippen LogP contribution in [0.25, 0.3) is 0 Å². The van der Waals surface area contributed by atoms with E-state index < -0.39 is 0 Å². The zero-order valence-corrected chi connectivity index (χ0v) is 9.50. The predicted molar refractivity (Wildman–Crippen MR) is 65.2 cm³/mol. The third kappa shape index (κ3) is 2.52. The molecular formula is C13H14N4. The van der Waals surface area contributed by atoms with Gasteiger partial charge in [0.1, 0.15) is 5.82 Å². The Kier molecular flexibility index (Phi) is 3.53. The first-order valence-corrected chi connectivity index (χ1v) is 5.53. The number of rotatable bonds is 4. The lowest BCUT2D eigenvalue weighted by molar-refractivity contribution is 0.715. The molecule has 2 N–H and O–H groups in total. The fraction of sp³-hybridized carbons (Fsp3) is 0.231. The first-order valence-electron chi connectivity index (χ1n) is 5.53. The van der Waals surface area contributed by atoms with Gasteiger partial charge in [0, 0.05) is 18.8 Å². The molecule has 0 bridgehead atoms. The predicted octanol–water partition coefficient (Wildman–Crippen LogP) is 1.30. The van der Waals surface area contributed by atoms with Crippen LogP contribution in [-0.4, -0.2) is 16.1 Å². The van der Waals surface area contributed by atoms with Crippen molar-refractivity contribution in [1.29, 1.82) is 5.26 Å². The Balaban J connectivity index is 2.26. The third-order valence-corrected chi connectivity index (χ3v) is 2.65. The van der Waals surface area contributed by atoms with E-state index in [1.807, 2.05) is 35.0 Å². The zero-order chi connectivity index (χ0) is 12.1. The first kappa shape index (κ1) is 11.4. The van der Waals surface area contributed by atoms with E-state index in [-0.39, 0.29) is 0 Å². The Bertz CT molecular complexity index is 536. The highest BCUT2D eigenvalue weighted by molar-refractivity contribution is 5.37. The Morgan fingerprint density at radius 1 is 1.35 bits per heavy atom. The molecular weight excluding hydrogens is 212 g/mol. The van der Waals surface area contributed by atoms with Crippen molar-refractivity contribution in [1.82, 2.24) is 9.55 Å². The lowest BCUT2D eigenvalue weighted by Crippen LogP contribution is -2.11. The fourth-order valence-corrected chi connectivity index (χ4v) is 1.79. The van der Waals surface area contributed by atoms with Gasteiger partial charge in [-0.15, -0.1) is 0 Å². The summed E-state index contributed by atoms with van der Waals surface area (Å²) in [5.74, 6) is 0.959. The molecule has 1 aromatic carbocycles. The topological polar surface area (TPSA) is 67.6 Å². The minimum Gasteiger partial charge on any atom is -0.330 e. The summed E-state index contributed by atoms with van der Waals surface area (Å²) >= 11 is 0. The molecule has 0 fully saturated rings. The number of benzene rings is 1. The number of nitriles is 1.